The molecule has 0 radical (unpaired) electrons. The molecule has 1 aliphatic rings. The second kappa shape index (κ2) is 14.0. The Morgan fingerprint density at radius 1 is 1.07 bits per heavy atom. The molecule has 2 aromatic heterocycles. The number of hydrogen-bond acceptors (Lipinski definition) is 9. The van der Waals surface area contributed by atoms with E-state index in [0.717, 1.165) is 35.6 Å². The van der Waals surface area contributed by atoms with Crippen molar-refractivity contribution in [3.05, 3.63) is 59.5 Å². The fraction of sp³-hybridized carbons (Fsp3) is 0.516. The zero-order chi connectivity index (χ0) is 32.1. The van der Waals surface area contributed by atoms with Crippen LogP contribution in [0.15, 0.2) is 53.7 Å². The van der Waals surface area contributed by atoms with Crippen molar-refractivity contribution in [1.82, 2.24) is 25.3 Å². The smallest absolute Gasteiger partial charge is 0.319 e. The van der Waals surface area contributed by atoms with Gasteiger partial charge < -0.3 is 20.5 Å². The second-order valence-electron chi connectivity index (χ2n) is 13.1. The Bertz CT molecular complexity index is 1510. The molecule has 1 atom stereocenters. The lowest BCUT2D eigenvalue weighted by Crippen LogP contribution is -2.44. The van der Waals surface area contributed by atoms with Gasteiger partial charge >= 0.3 is 6.03 Å². The van der Waals surface area contributed by atoms with Crippen LogP contribution in [0, 0.1) is 0 Å². The van der Waals surface area contributed by atoms with E-state index in [-0.39, 0.29) is 23.4 Å². The van der Waals surface area contributed by atoms with Gasteiger partial charge in [-0.2, -0.15) is 0 Å². The first-order chi connectivity index (χ1) is 20.6. The fourth-order valence-corrected chi connectivity index (χ4v) is 7.87. The summed E-state index contributed by atoms with van der Waals surface area (Å²) < 4.78 is 35.5. The highest BCUT2D eigenvalue weighted by molar-refractivity contribution is 7.89. The lowest BCUT2D eigenvalue weighted by atomic mass is 9.86. The van der Waals surface area contributed by atoms with Gasteiger partial charge in [0.05, 0.1) is 32.6 Å². The van der Waals surface area contributed by atoms with Gasteiger partial charge in [-0.05, 0) is 91.5 Å². The predicted octanol–water partition coefficient (Wildman–Crippen LogP) is 5.31. The molecule has 240 valence electrons. The molecule has 2 heterocycles. The van der Waals surface area contributed by atoms with Crippen LogP contribution >= 0.6 is 11.3 Å². The molecule has 11 nitrogen and oxygen atoms in total. The number of rotatable bonds is 10. The Balaban J connectivity index is 1.49. The van der Waals surface area contributed by atoms with E-state index in [1.807, 2.05) is 26.8 Å². The quantitative estimate of drug-likeness (QED) is 0.186. The number of urea groups is 1. The number of carbonyl (C=O) groups excluding carboxylic acids is 1. The molecule has 1 fully saturated rings. The van der Waals surface area contributed by atoms with Gasteiger partial charge in [0.2, 0.25) is 16.4 Å². The number of pyridine rings is 1. The van der Waals surface area contributed by atoms with Gasteiger partial charge in [0.1, 0.15) is 0 Å². The van der Waals surface area contributed by atoms with Gasteiger partial charge in [-0.3, -0.25) is 10.3 Å². The molecule has 0 saturated heterocycles. The average molecular weight is 645 g/mol. The number of sulfonamides is 1. The van der Waals surface area contributed by atoms with Gasteiger partial charge in [-0.15, -0.1) is 11.3 Å². The van der Waals surface area contributed by atoms with E-state index in [1.165, 1.54) is 17.4 Å². The number of carbonyl (C=O) groups is 1. The van der Waals surface area contributed by atoms with Crippen LogP contribution in [0.4, 0.5) is 10.5 Å². The zero-order valence-corrected chi connectivity index (χ0v) is 27.8. The van der Waals surface area contributed by atoms with Crippen LogP contribution in [0.5, 0.6) is 0 Å². The van der Waals surface area contributed by atoms with Crippen molar-refractivity contribution in [2.45, 2.75) is 108 Å². The summed E-state index contributed by atoms with van der Waals surface area (Å²) in [7, 11) is -3.95. The monoisotopic (exact) mass is 644 g/mol. The molecule has 4 rings (SSSR count). The predicted molar refractivity (Wildman–Crippen MR) is 173 cm³/mol. The first-order valence-electron chi connectivity index (χ1n) is 14.8. The van der Waals surface area contributed by atoms with Gasteiger partial charge in [0.25, 0.3) is 0 Å². The number of anilines is 1. The van der Waals surface area contributed by atoms with Crippen molar-refractivity contribution in [2.75, 3.05) is 5.32 Å². The number of benzene rings is 1. The summed E-state index contributed by atoms with van der Waals surface area (Å²) in [5, 5.41) is 19.8. The number of amides is 2. The SMILES string of the molecule is CC(C)(C)NS(=O)(=O)c1cc(NC(=O)NCc2ccccn2)ccc1-c1cnc([C@H]2CC[C@H](NC(O)OC(C)(C)C)CC2)s1. The largest absolute Gasteiger partial charge is 0.356 e. The number of ether oxygens (including phenoxy) is 1. The Morgan fingerprint density at radius 3 is 2.43 bits per heavy atom. The second-order valence-corrected chi connectivity index (χ2v) is 15.8. The van der Waals surface area contributed by atoms with E-state index in [9.17, 15) is 18.3 Å². The minimum Gasteiger partial charge on any atom is -0.356 e. The number of hydrogen-bond donors (Lipinski definition) is 5. The van der Waals surface area contributed by atoms with Crippen molar-refractivity contribution in [2.24, 2.45) is 0 Å². The van der Waals surface area contributed by atoms with Gasteiger partial charge in [-0.25, -0.2) is 22.9 Å². The topological polar surface area (TPSA) is 155 Å². The van der Waals surface area contributed by atoms with Gasteiger partial charge in [0.15, 0.2) is 0 Å². The van der Waals surface area contributed by atoms with Crippen molar-refractivity contribution in [1.29, 1.82) is 0 Å². The first-order valence-corrected chi connectivity index (χ1v) is 17.1. The van der Waals surface area contributed by atoms with E-state index >= 15 is 0 Å². The summed E-state index contributed by atoms with van der Waals surface area (Å²) in [6.07, 6.45) is 5.86. The van der Waals surface area contributed by atoms with Crippen molar-refractivity contribution in [3.8, 4) is 10.4 Å². The van der Waals surface area contributed by atoms with Crippen LogP contribution in [-0.4, -0.2) is 53.1 Å². The Labute approximate surface area is 264 Å². The summed E-state index contributed by atoms with van der Waals surface area (Å²) in [5.41, 5.74) is 0.401. The Morgan fingerprint density at radius 2 is 1.80 bits per heavy atom. The molecule has 44 heavy (non-hydrogen) atoms. The van der Waals surface area contributed by atoms with Crippen molar-refractivity contribution >= 4 is 33.1 Å². The standard InChI is InChI=1S/C31H44N6O5S2/c1-30(2,3)37-44(40,41)26-17-22(35-28(38)34-18-23-9-7-8-16-32-23)14-15-24(26)25-19-33-27(43-25)20-10-12-21(13-11-20)36-29(39)42-31(4,5)6/h7-9,14-17,19-21,29,36-37,39H,10-13,18H2,1-6H3,(H2,34,35,38)/t20-,21-,29?. The molecule has 2 amide bonds. The molecule has 0 spiro atoms. The lowest BCUT2D eigenvalue weighted by Gasteiger charge is -2.32. The fourth-order valence-electron chi connectivity index (χ4n) is 5.01. The normalized spacial score (nSPS) is 18.5. The maximum Gasteiger partial charge on any atom is 0.319 e. The van der Waals surface area contributed by atoms with E-state index in [0.29, 0.717) is 16.9 Å². The number of aromatic nitrogens is 2. The molecule has 0 aliphatic heterocycles. The van der Waals surface area contributed by atoms with Crippen LogP contribution in [0.2, 0.25) is 0 Å². The van der Waals surface area contributed by atoms with Crippen LogP contribution in [0.25, 0.3) is 10.4 Å². The molecule has 1 saturated carbocycles. The Kier molecular flexibility index (Phi) is 10.8. The van der Waals surface area contributed by atoms with E-state index < -0.39 is 33.6 Å². The minimum atomic E-state index is -3.95. The summed E-state index contributed by atoms with van der Waals surface area (Å²) in [4.78, 5) is 22.3. The van der Waals surface area contributed by atoms with Crippen molar-refractivity contribution < 1.29 is 23.1 Å². The first kappa shape index (κ1) is 33.9. The molecule has 5 N–H and O–H groups in total. The molecule has 1 unspecified atom stereocenters. The van der Waals surface area contributed by atoms with Crippen molar-refractivity contribution in [3.63, 3.8) is 0 Å². The summed E-state index contributed by atoms with van der Waals surface area (Å²) in [5.74, 6) is 0.240. The van der Waals surface area contributed by atoms with Crippen LogP contribution < -0.4 is 20.7 Å². The molecule has 1 aliphatic carbocycles. The number of nitrogens with zero attached hydrogens (tertiary/aromatic N) is 2. The van der Waals surface area contributed by atoms with E-state index in [4.69, 9.17) is 9.72 Å². The summed E-state index contributed by atoms with van der Waals surface area (Å²) in [6, 6.07) is 9.98. The molecule has 0 bridgehead atoms. The highest BCUT2D eigenvalue weighted by atomic mass is 32.2. The highest BCUT2D eigenvalue weighted by Crippen LogP contribution is 2.40. The zero-order valence-electron chi connectivity index (χ0n) is 26.2. The third-order valence-corrected chi connectivity index (χ3v) is 9.83. The van der Waals surface area contributed by atoms with Crippen LogP contribution in [-0.2, 0) is 21.3 Å². The summed E-state index contributed by atoms with van der Waals surface area (Å²) >= 11 is 1.48. The molecular weight excluding hydrogens is 601 g/mol. The average Bonchev–Trinajstić information content (AvgIpc) is 3.41. The highest BCUT2D eigenvalue weighted by Gasteiger charge is 2.29. The number of aliphatic hydroxyl groups is 1. The lowest BCUT2D eigenvalue weighted by molar-refractivity contribution is -0.186. The van der Waals surface area contributed by atoms with Gasteiger partial charge in [0, 0.05) is 41.1 Å². The number of aliphatic hydroxyl groups excluding tert-OH is 1. The summed E-state index contributed by atoms with van der Waals surface area (Å²) in [6.45, 7) is 11.3. The maximum absolute atomic E-state index is 13.6. The number of thiazole rings is 1. The van der Waals surface area contributed by atoms with E-state index in [2.05, 4.69) is 25.7 Å². The third kappa shape index (κ3) is 10.0. The van der Waals surface area contributed by atoms with E-state index in [1.54, 1.807) is 57.4 Å². The molecule has 1 aromatic carbocycles. The van der Waals surface area contributed by atoms with Crippen LogP contribution in [0.1, 0.15) is 83.8 Å². The Hall–Kier alpha value is -2.94. The third-order valence-electron chi connectivity index (χ3n) is 6.83. The minimum absolute atomic E-state index is 0.0610. The number of nitrogens with one attached hydrogen (secondary N) is 4. The molecular formula is C31H44N6O5S2. The van der Waals surface area contributed by atoms with Gasteiger partial charge in [-0.1, -0.05) is 12.1 Å². The maximum atomic E-state index is 13.6. The molecule has 3 aromatic rings. The van der Waals surface area contributed by atoms with Crippen LogP contribution in [0.3, 0.4) is 0 Å². The molecule has 13 heteroatoms.